The number of carbonyl (C=O) groups is 3. The number of fused-ring (bicyclic) bond motifs is 1. The van der Waals surface area contributed by atoms with Crippen LogP contribution in [-0.4, -0.2) is 38.7 Å². The van der Waals surface area contributed by atoms with Gasteiger partial charge in [-0.25, -0.2) is 4.79 Å². The summed E-state index contributed by atoms with van der Waals surface area (Å²) in [4.78, 5) is 36.4. The zero-order chi connectivity index (χ0) is 16.7. The maximum absolute atomic E-state index is 12.0. The minimum absolute atomic E-state index is 0.152. The molecule has 1 aliphatic rings. The van der Waals surface area contributed by atoms with Crippen LogP contribution in [0.2, 0.25) is 0 Å². The Labute approximate surface area is 132 Å². The van der Waals surface area contributed by atoms with Crippen LogP contribution >= 0.6 is 11.6 Å². The van der Waals surface area contributed by atoms with Crippen molar-refractivity contribution in [2.24, 2.45) is 0 Å². The summed E-state index contributed by atoms with van der Waals surface area (Å²) in [6.45, 7) is 6.85. The highest BCUT2D eigenvalue weighted by Gasteiger charge is 2.45. The van der Waals surface area contributed by atoms with Crippen molar-refractivity contribution in [1.29, 1.82) is 0 Å². The van der Waals surface area contributed by atoms with Gasteiger partial charge in [-0.15, -0.1) is 4.68 Å². The number of hydrogen-bond acceptors (Lipinski definition) is 5. The summed E-state index contributed by atoms with van der Waals surface area (Å²) in [7, 11) is 0. The fourth-order valence-corrected chi connectivity index (χ4v) is 2.74. The molecule has 120 valence electrons. The van der Waals surface area contributed by atoms with Gasteiger partial charge in [0.15, 0.2) is 0 Å². The van der Waals surface area contributed by atoms with Gasteiger partial charge in [0.25, 0.3) is 0 Å². The van der Waals surface area contributed by atoms with Crippen molar-refractivity contribution >= 4 is 34.8 Å². The number of hydrogen-bond donors (Lipinski definition) is 1. The summed E-state index contributed by atoms with van der Waals surface area (Å²) in [6.07, 6.45) is -0.694. The molecule has 0 fully saturated rings. The van der Waals surface area contributed by atoms with Gasteiger partial charge in [0, 0.05) is 12.5 Å². The van der Waals surface area contributed by atoms with Crippen molar-refractivity contribution in [2.45, 2.75) is 39.8 Å². The molecule has 0 saturated heterocycles. The largest absolute Gasteiger partial charge is 0.448 e. The van der Waals surface area contributed by atoms with Crippen molar-refractivity contribution in [2.75, 3.05) is 11.9 Å². The van der Waals surface area contributed by atoms with Crippen LogP contribution in [0.5, 0.6) is 0 Å². The second-order valence-corrected chi connectivity index (χ2v) is 5.69. The van der Waals surface area contributed by atoms with Gasteiger partial charge in [-0.05, 0) is 32.4 Å². The van der Waals surface area contributed by atoms with Crippen molar-refractivity contribution < 1.29 is 19.1 Å². The number of ether oxygens (including phenoxy) is 1. The summed E-state index contributed by atoms with van der Waals surface area (Å²) in [5.41, 5.74) is 0.277. The maximum Gasteiger partial charge on any atom is 0.436 e. The first kappa shape index (κ1) is 16.3. The zero-order valence-corrected chi connectivity index (χ0v) is 13.5. The van der Waals surface area contributed by atoms with Gasteiger partial charge in [0.2, 0.25) is 5.91 Å². The van der Waals surface area contributed by atoms with Crippen LogP contribution in [-0.2, 0) is 21.6 Å². The van der Waals surface area contributed by atoms with E-state index in [2.05, 4.69) is 10.4 Å². The van der Waals surface area contributed by atoms with Crippen LogP contribution in [0.4, 0.5) is 15.4 Å². The molecule has 0 radical (unpaired) electrons. The highest BCUT2D eigenvalue weighted by Crippen LogP contribution is 2.42. The number of carbonyl (C=O) groups excluding carboxylic acids is 3. The lowest BCUT2D eigenvalue weighted by atomic mass is 10.0. The quantitative estimate of drug-likeness (QED) is 0.664. The number of aromatic nitrogens is 2. The molecule has 0 unspecified atom stereocenters. The molecule has 1 aromatic heterocycles. The molecule has 9 heteroatoms. The van der Waals surface area contributed by atoms with E-state index >= 15 is 0 Å². The van der Waals surface area contributed by atoms with Crippen LogP contribution in [0.25, 0.3) is 0 Å². The molecule has 8 nitrogen and oxygen atoms in total. The lowest BCUT2D eigenvalue weighted by Crippen LogP contribution is -2.38. The van der Waals surface area contributed by atoms with E-state index in [9.17, 15) is 14.4 Å². The first-order valence-corrected chi connectivity index (χ1v) is 7.12. The van der Waals surface area contributed by atoms with Crippen LogP contribution in [0.1, 0.15) is 39.0 Å². The molecule has 0 bridgehead atoms. The lowest BCUT2D eigenvalue weighted by Gasteiger charge is -2.29. The Bertz CT molecular complexity index is 653. The molecule has 0 atom stereocenters. The lowest BCUT2D eigenvalue weighted by molar-refractivity contribution is -0.114. The third-order valence-electron chi connectivity index (χ3n) is 3.50. The fraction of sp³-hybridized carbons (Fsp3) is 0.538. The Kier molecular flexibility index (Phi) is 4.15. The first-order chi connectivity index (χ1) is 10.2. The van der Waals surface area contributed by atoms with Gasteiger partial charge in [-0.3, -0.25) is 9.59 Å². The number of amides is 2. The summed E-state index contributed by atoms with van der Waals surface area (Å²) < 4.78 is 5.94. The van der Waals surface area contributed by atoms with E-state index in [1.165, 1.54) is 11.8 Å². The van der Waals surface area contributed by atoms with E-state index in [0.717, 1.165) is 4.68 Å². The molecule has 1 aliphatic heterocycles. The smallest absolute Gasteiger partial charge is 0.436 e. The minimum Gasteiger partial charge on any atom is -0.448 e. The Morgan fingerprint density at radius 2 is 2.05 bits per heavy atom. The summed E-state index contributed by atoms with van der Waals surface area (Å²) in [5.74, 6) is -0.156. The number of anilines is 1. The number of nitrogens with zero attached hydrogens (tertiary/aromatic N) is 3. The summed E-state index contributed by atoms with van der Waals surface area (Å²) in [6, 6.07) is 0. The number of rotatable bonds is 2. The molecule has 0 aliphatic carbocycles. The third kappa shape index (κ3) is 2.54. The Balaban J connectivity index is 2.55. The van der Waals surface area contributed by atoms with E-state index in [1.807, 2.05) is 0 Å². The summed E-state index contributed by atoms with van der Waals surface area (Å²) in [5, 5.41) is 6.17. The van der Waals surface area contributed by atoms with Gasteiger partial charge in [0.1, 0.15) is 5.82 Å². The van der Waals surface area contributed by atoms with Crippen molar-refractivity contribution in [3.8, 4) is 0 Å². The average Bonchev–Trinajstić information content (AvgIpc) is 2.86. The van der Waals surface area contributed by atoms with Crippen LogP contribution in [0.15, 0.2) is 0 Å². The molecule has 0 spiro atoms. The normalized spacial score (nSPS) is 15.4. The van der Waals surface area contributed by atoms with Crippen molar-refractivity contribution in [1.82, 2.24) is 14.7 Å². The number of halogens is 1. The zero-order valence-electron chi connectivity index (χ0n) is 12.8. The van der Waals surface area contributed by atoms with Gasteiger partial charge in [-0.2, -0.15) is 5.10 Å². The molecule has 0 saturated carbocycles. The van der Waals surface area contributed by atoms with Gasteiger partial charge < -0.3 is 15.0 Å². The molecule has 2 heterocycles. The molecule has 22 heavy (non-hydrogen) atoms. The summed E-state index contributed by atoms with van der Waals surface area (Å²) >= 11 is 5.60. The molecule has 0 aromatic carbocycles. The van der Waals surface area contributed by atoms with E-state index in [4.69, 9.17) is 16.3 Å². The third-order valence-corrected chi connectivity index (χ3v) is 3.71. The predicted molar refractivity (Wildman–Crippen MR) is 78.8 cm³/mol. The fourth-order valence-electron chi connectivity index (χ4n) is 2.47. The van der Waals surface area contributed by atoms with E-state index in [0.29, 0.717) is 11.3 Å². The molecule has 2 amide bonds. The Morgan fingerprint density at radius 3 is 2.55 bits per heavy atom. The van der Waals surface area contributed by atoms with Gasteiger partial charge in [0.05, 0.1) is 24.4 Å². The van der Waals surface area contributed by atoms with Gasteiger partial charge >= 0.3 is 11.5 Å². The first-order valence-electron chi connectivity index (χ1n) is 6.74. The molecule has 2 rings (SSSR count). The van der Waals surface area contributed by atoms with Crippen molar-refractivity contribution in [3.63, 3.8) is 0 Å². The van der Waals surface area contributed by atoms with E-state index < -0.39 is 17.0 Å². The molecule has 1 N–H and O–H groups in total. The average molecular weight is 329 g/mol. The van der Waals surface area contributed by atoms with Crippen molar-refractivity contribution in [3.05, 3.63) is 11.3 Å². The van der Waals surface area contributed by atoms with Crippen LogP contribution < -0.4 is 5.32 Å². The topological polar surface area (TPSA) is 93.5 Å². The second-order valence-electron chi connectivity index (χ2n) is 5.37. The standard InChI is InChI=1S/C13H17ClN4O4/c1-5-22-12(21)18-10(15-7(2)19)8-6-17(11(14)20)13(3,4)9(8)16-18/h5-6H2,1-4H3,(H,15,19). The SMILES string of the molecule is CCOC(=O)n1nc2c(c1NC(C)=O)CN(C(=O)Cl)C2(C)C. The molecular formula is C13H17ClN4O4. The Hall–Kier alpha value is -2.09. The van der Waals surface area contributed by atoms with Crippen LogP contribution in [0, 0.1) is 0 Å². The predicted octanol–water partition coefficient (Wildman–Crippen LogP) is 2.26. The highest BCUT2D eigenvalue weighted by molar-refractivity contribution is 6.62. The molecule has 1 aromatic rings. The van der Waals surface area contributed by atoms with E-state index in [1.54, 1.807) is 20.8 Å². The number of nitrogens with one attached hydrogen (secondary N) is 1. The Morgan fingerprint density at radius 1 is 1.41 bits per heavy atom. The minimum atomic E-state index is -0.793. The maximum atomic E-state index is 12.0. The molecular weight excluding hydrogens is 312 g/mol. The second kappa shape index (κ2) is 5.60. The van der Waals surface area contributed by atoms with Gasteiger partial charge in [-0.1, -0.05) is 0 Å². The van der Waals surface area contributed by atoms with E-state index in [-0.39, 0.29) is 24.9 Å². The monoisotopic (exact) mass is 328 g/mol. The van der Waals surface area contributed by atoms with Crippen LogP contribution in [0.3, 0.4) is 0 Å². The highest BCUT2D eigenvalue weighted by atomic mass is 35.5.